The van der Waals surface area contributed by atoms with Crippen molar-refractivity contribution in [3.63, 3.8) is 0 Å². The highest BCUT2D eigenvalue weighted by atomic mass is 16.5. The first kappa shape index (κ1) is 18.5. The number of rotatable bonds is 5. The van der Waals surface area contributed by atoms with Crippen LogP contribution in [-0.2, 0) is 9.47 Å². The van der Waals surface area contributed by atoms with Crippen molar-refractivity contribution in [3.05, 3.63) is 41.2 Å². The van der Waals surface area contributed by atoms with Gasteiger partial charge in [-0.25, -0.2) is 4.79 Å². The summed E-state index contributed by atoms with van der Waals surface area (Å²) in [7, 11) is 0. The first-order valence-electron chi connectivity index (χ1n) is 9.57. The molecule has 1 aliphatic rings. The maximum absolute atomic E-state index is 12.6. The topological polar surface area (TPSA) is 81.3 Å². The van der Waals surface area contributed by atoms with E-state index in [1.165, 1.54) is 0 Å². The Balaban J connectivity index is 1.92. The molecule has 1 atom stereocenters. The van der Waals surface area contributed by atoms with Gasteiger partial charge in [-0.3, -0.25) is 4.99 Å². The van der Waals surface area contributed by atoms with Crippen LogP contribution in [0, 0.1) is 6.92 Å². The van der Waals surface area contributed by atoms with E-state index in [1.807, 2.05) is 24.3 Å². The number of benzene rings is 2. The molecule has 6 nitrogen and oxygen atoms in total. The summed E-state index contributed by atoms with van der Waals surface area (Å²) in [6.45, 7) is 5.02. The lowest BCUT2D eigenvalue weighted by atomic mass is 9.98. The average Bonchev–Trinajstić information content (AvgIpc) is 3.32. The van der Waals surface area contributed by atoms with E-state index in [1.54, 1.807) is 20.1 Å². The van der Waals surface area contributed by atoms with Crippen LogP contribution in [0.25, 0.3) is 21.7 Å². The number of aryl methyl sites for hydroxylation is 1. The van der Waals surface area contributed by atoms with Gasteiger partial charge in [-0.2, -0.15) is 0 Å². The number of nitrogens with zero attached hydrogens (tertiary/aromatic N) is 1. The molecule has 0 unspecified atom stereocenters. The summed E-state index contributed by atoms with van der Waals surface area (Å²) in [6.07, 6.45) is 3.74. The fourth-order valence-electron chi connectivity index (χ4n) is 3.77. The zero-order chi connectivity index (χ0) is 19.7. The Kier molecular flexibility index (Phi) is 5.05. The van der Waals surface area contributed by atoms with Gasteiger partial charge < -0.3 is 19.0 Å². The van der Waals surface area contributed by atoms with Gasteiger partial charge in [0.1, 0.15) is 22.7 Å². The quantitative estimate of drug-likeness (QED) is 0.524. The Labute approximate surface area is 162 Å². The normalized spacial score (nSPS) is 17.1. The summed E-state index contributed by atoms with van der Waals surface area (Å²) in [5, 5.41) is 12.9. The molecular weight excluding hydrogens is 358 g/mol. The molecular formula is C22H23NO5. The zero-order valence-corrected chi connectivity index (χ0v) is 16.0. The van der Waals surface area contributed by atoms with Gasteiger partial charge in [0, 0.05) is 34.5 Å². The predicted octanol–water partition coefficient (Wildman–Crippen LogP) is 4.37. The van der Waals surface area contributed by atoms with Crippen LogP contribution >= 0.6 is 0 Å². The Hall–Kier alpha value is -2.86. The van der Waals surface area contributed by atoms with Crippen LogP contribution in [0.1, 0.15) is 41.4 Å². The third kappa shape index (κ3) is 3.14. The molecule has 4 rings (SSSR count). The summed E-state index contributed by atoms with van der Waals surface area (Å²) in [6, 6.07) is 7.41. The van der Waals surface area contributed by atoms with Gasteiger partial charge in [0.05, 0.1) is 19.3 Å². The minimum atomic E-state index is -0.470. The van der Waals surface area contributed by atoms with Crippen LogP contribution in [0.5, 0.6) is 5.75 Å². The van der Waals surface area contributed by atoms with Crippen LogP contribution in [-0.4, -0.2) is 43.2 Å². The predicted molar refractivity (Wildman–Crippen MR) is 108 cm³/mol. The first-order chi connectivity index (χ1) is 13.6. The van der Waals surface area contributed by atoms with E-state index in [9.17, 15) is 9.90 Å². The minimum Gasteiger partial charge on any atom is -0.507 e. The lowest BCUT2D eigenvalue weighted by Crippen LogP contribution is -2.09. The SMILES string of the molecule is CCOC(=O)c1c(C)oc2c1c(C=NC[C@@H]1CCCO1)c(O)c1ccccc12. The molecule has 0 radical (unpaired) electrons. The van der Waals surface area contributed by atoms with E-state index in [0.29, 0.717) is 39.8 Å². The van der Waals surface area contributed by atoms with Crippen LogP contribution in [0.15, 0.2) is 33.7 Å². The van der Waals surface area contributed by atoms with Gasteiger partial charge in [-0.1, -0.05) is 24.3 Å². The molecule has 0 amide bonds. The third-order valence-corrected chi connectivity index (χ3v) is 5.07. The summed E-state index contributed by atoms with van der Waals surface area (Å²) < 4.78 is 16.8. The third-order valence-electron chi connectivity index (χ3n) is 5.07. The number of ether oxygens (including phenoxy) is 2. The second kappa shape index (κ2) is 7.64. The van der Waals surface area contributed by atoms with Gasteiger partial charge in [0.2, 0.25) is 0 Å². The Morgan fingerprint density at radius 1 is 1.36 bits per heavy atom. The van der Waals surface area contributed by atoms with Gasteiger partial charge >= 0.3 is 5.97 Å². The standard InChI is InChI=1S/C22H23NO5/c1-3-26-22(25)18-13(2)28-21-16-9-5-4-8-15(16)20(24)17(19(18)21)12-23-11-14-7-6-10-27-14/h4-5,8-9,12,14,24H,3,6-7,10-11H2,1-2H3/t14-/m0/s1. The fourth-order valence-corrected chi connectivity index (χ4v) is 3.77. The Bertz CT molecular complexity index is 1060. The molecule has 1 saturated heterocycles. The lowest BCUT2D eigenvalue weighted by Gasteiger charge is -2.09. The molecule has 28 heavy (non-hydrogen) atoms. The van der Waals surface area contributed by atoms with Crippen molar-refractivity contribution in [2.24, 2.45) is 4.99 Å². The minimum absolute atomic E-state index is 0.0746. The van der Waals surface area contributed by atoms with Crippen molar-refractivity contribution in [1.82, 2.24) is 0 Å². The van der Waals surface area contributed by atoms with Crippen molar-refractivity contribution < 1.29 is 23.8 Å². The van der Waals surface area contributed by atoms with E-state index >= 15 is 0 Å². The monoisotopic (exact) mass is 381 g/mol. The molecule has 3 aromatic rings. The number of fused-ring (bicyclic) bond motifs is 3. The number of phenols is 1. The molecule has 6 heteroatoms. The number of esters is 1. The first-order valence-corrected chi connectivity index (χ1v) is 9.57. The van der Waals surface area contributed by atoms with Gasteiger partial charge in [-0.15, -0.1) is 0 Å². The molecule has 1 fully saturated rings. The number of furan rings is 1. The number of phenolic OH excluding ortho intramolecular Hbond substituents is 1. The van der Waals surface area contributed by atoms with Crippen LogP contribution in [0.2, 0.25) is 0 Å². The zero-order valence-electron chi connectivity index (χ0n) is 16.0. The number of carbonyl (C=O) groups excluding carboxylic acids is 1. The second-order valence-electron chi connectivity index (χ2n) is 6.89. The van der Waals surface area contributed by atoms with Crippen molar-refractivity contribution >= 4 is 33.9 Å². The molecule has 2 aromatic carbocycles. The van der Waals surface area contributed by atoms with Crippen molar-refractivity contribution in [1.29, 1.82) is 0 Å². The maximum Gasteiger partial charge on any atom is 0.342 e. The molecule has 2 heterocycles. The largest absolute Gasteiger partial charge is 0.507 e. The van der Waals surface area contributed by atoms with E-state index in [4.69, 9.17) is 13.9 Å². The second-order valence-corrected chi connectivity index (χ2v) is 6.89. The van der Waals surface area contributed by atoms with Crippen molar-refractivity contribution in [3.8, 4) is 5.75 Å². The number of aromatic hydroxyl groups is 1. The summed E-state index contributed by atoms with van der Waals surface area (Å²) in [5.74, 6) is 0.0609. The summed E-state index contributed by atoms with van der Waals surface area (Å²) >= 11 is 0. The lowest BCUT2D eigenvalue weighted by molar-refractivity contribution is 0.0526. The van der Waals surface area contributed by atoms with Crippen LogP contribution in [0.3, 0.4) is 0 Å². The number of aliphatic imine (C=N–C) groups is 1. The van der Waals surface area contributed by atoms with Crippen LogP contribution in [0.4, 0.5) is 0 Å². The average molecular weight is 381 g/mol. The molecule has 0 aliphatic carbocycles. The summed E-state index contributed by atoms with van der Waals surface area (Å²) in [4.78, 5) is 17.1. The number of hydrogen-bond acceptors (Lipinski definition) is 6. The maximum atomic E-state index is 12.6. The molecule has 0 spiro atoms. The van der Waals surface area contributed by atoms with E-state index < -0.39 is 5.97 Å². The molecule has 146 valence electrons. The van der Waals surface area contributed by atoms with Crippen molar-refractivity contribution in [2.75, 3.05) is 19.8 Å². The summed E-state index contributed by atoms with van der Waals surface area (Å²) in [5.41, 5.74) is 1.34. The highest BCUT2D eigenvalue weighted by Gasteiger charge is 2.26. The number of hydrogen-bond donors (Lipinski definition) is 1. The Morgan fingerprint density at radius 2 is 2.14 bits per heavy atom. The molecule has 0 saturated carbocycles. The number of carbonyl (C=O) groups is 1. The van der Waals surface area contributed by atoms with E-state index in [2.05, 4.69) is 4.99 Å². The van der Waals surface area contributed by atoms with E-state index in [-0.39, 0.29) is 18.5 Å². The van der Waals surface area contributed by atoms with Crippen molar-refractivity contribution in [2.45, 2.75) is 32.8 Å². The highest BCUT2D eigenvalue weighted by Crippen LogP contribution is 2.40. The molecule has 1 N–H and O–H groups in total. The van der Waals surface area contributed by atoms with Gasteiger partial charge in [0.25, 0.3) is 0 Å². The molecule has 1 aliphatic heterocycles. The van der Waals surface area contributed by atoms with E-state index in [0.717, 1.165) is 24.8 Å². The molecule has 0 bridgehead atoms. The van der Waals surface area contributed by atoms with Gasteiger partial charge in [0.15, 0.2) is 0 Å². The fraction of sp³-hybridized carbons (Fsp3) is 0.364. The highest BCUT2D eigenvalue weighted by molar-refractivity contribution is 6.21. The smallest absolute Gasteiger partial charge is 0.342 e. The van der Waals surface area contributed by atoms with Gasteiger partial charge in [-0.05, 0) is 26.7 Å². The Morgan fingerprint density at radius 3 is 2.86 bits per heavy atom. The molecule has 1 aromatic heterocycles. The van der Waals surface area contributed by atoms with Crippen LogP contribution < -0.4 is 0 Å².